The van der Waals surface area contributed by atoms with Crippen LogP contribution < -0.4 is 10.9 Å². The standard InChI is InChI=1S/C17H29N3O/c1-4-15(14-8-6-5-7-9-14)19-16-17(21)20(11-10-18-16)12-13(2)3/h10-11,13-15H,4-9,12H2,1-3H3,(H,18,19). The number of nitrogens with zero attached hydrogens (tertiary/aromatic N) is 2. The van der Waals surface area contributed by atoms with Crippen LogP contribution in [0.4, 0.5) is 5.82 Å². The predicted molar refractivity (Wildman–Crippen MR) is 87.6 cm³/mol. The van der Waals surface area contributed by atoms with E-state index >= 15 is 0 Å². The van der Waals surface area contributed by atoms with Gasteiger partial charge in [0.05, 0.1) is 0 Å². The molecule has 1 fully saturated rings. The van der Waals surface area contributed by atoms with Crippen LogP contribution in [0.15, 0.2) is 17.2 Å². The van der Waals surface area contributed by atoms with Crippen LogP contribution in [0.25, 0.3) is 0 Å². The minimum Gasteiger partial charge on any atom is -0.362 e. The molecule has 1 atom stereocenters. The number of hydrogen-bond acceptors (Lipinski definition) is 3. The van der Waals surface area contributed by atoms with E-state index in [1.807, 2.05) is 0 Å². The second-order valence-electron chi connectivity index (χ2n) is 6.68. The maximum Gasteiger partial charge on any atom is 0.293 e. The summed E-state index contributed by atoms with van der Waals surface area (Å²) in [7, 11) is 0. The second kappa shape index (κ2) is 7.62. The van der Waals surface area contributed by atoms with Gasteiger partial charge < -0.3 is 9.88 Å². The first-order chi connectivity index (χ1) is 10.1. The Labute approximate surface area is 128 Å². The maximum atomic E-state index is 12.5. The van der Waals surface area contributed by atoms with Crippen LogP contribution in [0.5, 0.6) is 0 Å². The lowest BCUT2D eigenvalue weighted by Gasteiger charge is -2.30. The number of rotatable bonds is 6. The van der Waals surface area contributed by atoms with Crippen molar-refractivity contribution in [3.8, 4) is 0 Å². The van der Waals surface area contributed by atoms with Gasteiger partial charge in [-0.15, -0.1) is 0 Å². The molecule has 0 bridgehead atoms. The molecule has 118 valence electrons. The third kappa shape index (κ3) is 4.32. The highest BCUT2D eigenvalue weighted by Crippen LogP contribution is 2.28. The summed E-state index contributed by atoms with van der Waals surface area (Å²) in [5, 5.41) is 3.44. The molecular formula is C17H29N3O. The van der Waals surface area contributed by atoms with E-state index in [0.29, 0.717) is 23.7 Å². The zero-order valence-corrected chi connectivity index (χ0v) is 13.6. The third-order valence-electron chi connectivity index (χ3n) is 4.46. The fraction of sp³-hybridized carbons (Fsp3) is 0.765. The zero-order chi connectivity index (χ0) is 15.2. The summed E-state index contributed by atoms with van der Waals surface area (Å²) in [4.78, 5) is 16.8. The van der Waals surface area contributed by atoms with E-state index < -0.39 is 0 Å². The Kier molecular flexibility index (Phi) is 5.83. The fourth-order valence-corrected chi connectivity index (χ4v) is 3.35. The summed E-state index contributed by atoms with van der Waals surface area (Å²) in [6.45, 7) is 7.19. The Morgan fingerprint density at radius 3 is 2.67 bits per heavy atom. The van der Waals surface area contributed by atoms with E-state index in [4.69, 9.17) is 0 Å². The van der Waals surface area contributed by atoms with E-state index in [-0.39, 0.29) is 5.56 Å². The Morgan fingerprint density at radius 2 is 2.05 bits per heavy atom. The van der Waals surface area contributed by atoms with Crippen LogP contribution in [0.3, 0.4) is 0 Å². The van der Waals surface area contributed by atoms with E-state index in [1.54, 1.807) is 17.0 Å². The number of hydrogen-bond donors (Lipinski definition) is 1. The molecule has 1 aliphatic carbocycles. The van der Waals surface area contributed by atoms with Crippen molar-refractivity contribution in [2.24, 2.45) is 11.8 Å². The molecule has 21 heavy (non-hydrogen) atoms. The van der Waals surface area contributed by atoms with Gasteiger partial charge >= 0.3 is 0 Å². The molecule has 0 radical (unpaired) electrons. The molecule has 1 unspecified atom stereocenters. The van der Waals surface area contributed by atoms with Gasteiger partial charge in [-0.2, -0.15) is 0 Å². The first-order valence-corrected chi connectivity index (χ1v) is 8.43. The molecule has 0 spiro atoms. The summed E-state index contributed by atoms with van der Waals surface area (Å²) in [6, 6.07) is 0.375. The second-order valence-corrected chi connectivity index (χ2v) is 6.68. The normalized spacial score (nSPS) is 17.9. The van der Waals surface area contributed by atoms with Gasteiger partial charge in [0.2, 0.25) is 0 Å². The highest BCUT2D eigenvalue weighted by atomic mass is 16.1. The van der Waals surface area contributed by atoms with Crippen LogP contribution in [0.1, 0.15) is 59.3 Å². The van der Waals surface area contributed by atoms with Gasteiger partial charge in [0, 0.05) is 25.0 Å². The molecule has 0 aliphatic heterocycles. The van der Waals surface area contributed by atoms with Crippen molar-refractivity contribution >= 4 is 5.82 Å². The quantitative estimate of drug-likeness (QED) is 0.870. The van der Waals surface area contributed by atoms with E-state index in [2.05, 4.69) is 31.1 Å². The van der Waals surface area contributed by atoms with Gasteiger partial charge in [-0.05, 0) is 31.1 Å². The topological polar surface area (TPSA) is 46.9 Å². The first kappa shape index (κ1) is 16.1. The summed E-state index contributed by atoms with van der Waals surface area (Å²) in [6.07, 6.45) is 11.1. The van der Waals surface area contributed by atoms with E-state index in [9.17, 15) is 4.79 Å². The molecule has 0 aromatic carbocycles. The molecule has 1 N–H and O–H groups in total. The average molecular weight is 291 g/mol. The third-order valence-corrected chi connectivity index (χ3v) is 4.46. The molecule has 1 heterocycles. The van der Waals surface area contributed by atoms with Crippen molar-refractivity contribution in [1.29, 1.82) is 0 Å². The molecule has 1 saturated carbocycles. The van der Waals surface area contributed by atoms with Gasteiger partial charge in [0.15, 0.2) is 5.82 Å². The summed E-state index contributed by atoms with van der Waals surface area (Å²) < 4.78 is 1.77. The molecule has 0 amide bonds. The minimum atomic E-state index is 0.0143. The van der Waals surface area contributed by atoms with Crippen molar-refractivity contribution in [3.63, 3.8) is 0 Å². The van der Waals surface area contributed by atoms with Crippen LogP contribution >= 0.6 is 0 Å². The molecular weight excluding hydrogens is 262 g/mol. The molecule has 2 rings (SSSR count). The Balaban J connectivity index is 2.11. The van der Waals surface area contributed by atoms with Crippen molar-refractivity contribution in [3.05, 3.63) is 22.7 Å². The van der Waals surface area contributed by atoms with Crippen molar-refractivity contribution in [2.45, 2.75) is 71.9 Å². The summed E-state index contributed by atoms with van der Waals surface area (Å²) >= 11 is 0. The predicted octanol–water partition coefficient (Wildman–Crippen LogP) is 3.67. The lowest BCUT2D eigenvalue weighted by molar-refractivity contribution is 0.312. The van der Waals surface area contributed by atoms with Crippen LogP contribution in [-0.2, 0) is 6.54 Å². The average Bonchev–Trinajstić information content (AvgIpc) is 2.48. The molecule has 0 saturated heterocycles. The number of aromatic nitrogens is 2. The van der Waals surface area contributed by atoms with Crippen LogP contribution in [-0.4, -0.2) is 15.6 Å². The SMILES string of the molecule is CCC(Nc1nccn(CC(C)C)c1=O)C1CCCCC1. The van der Waals surface area contributed by atoms with Gasteiger partial charge in [-0.25, -0.2) is 4.98 Å². The van der Waals surface area contributed by atoms with E-state index in [0.717, 1.165) is 13.0 Å². The molecule has 4 nitrogen and oxygen atoms in total. The van der Waals surface area contributed by atoms with Gasteiger partial charge in [0.25, 0.3) is 5.56 Å². The van der Waals surface area contributed by atoms with Gasteiger partial charge in [0.1, 0.15) is 0 Å². The molecule has 1 aliphatic rings. The smallest absolute Gasteiger partial charge is 0.293 e. The van der Waals surface area contributed by atoms with Crippen molar-refractivity contribution < 1.29 is 0 Å². The van der Waals surface area contributed by atoms with E-state index in [1.165, 1.54) is 32.1 Å². The lowest BCUT2D eigenvalue weighted by atomic mass is 9.83. The Hall–Kier alpha value is -1.32. The minimum absolute atomic E-state index is 0.0143. The highest BCUT2D eigenvalue weighted by Gasteiger charge is 2.23. The Morgan fingerprint density at radius 1 is 1.33 bits per heavy atom. The van der Waals surface area contributed by atoms with Crippen molar-refractivity contribution in [1.82, 2.24) is 9.55 Å². The highest BCUT2D eigenvalue weighted by molar-refractivity contribution is 5.32. The number of nitrogens with one attached hydrogen (secondary N) is 1. The molecule has 1 aromatic rings. The summed E-state index contributed by atoms with van der Waals surface area (Å²) in [5.74, 6) is 1.66. The monoisotopic (exact) mass is 291 g/mol. The van der Waals surface area contributed by atoms with Crippen molar-refractivity contribution in [2.75, 3.05) is 5.32 Å². The van der Waals surface area contributed by atoms with Crippen LogP contribution in [0, 0.1) is 11.8 Å². The zero-order valence-electron chi connectivity index (χ0n) is 13.6. The molecule has 1 aromatic heterocycles. The van der Waals surface area contributed by atoms with Gasteiger partial charge in [-0.1, -0.05) is 40.0 Å². The van der Waals surface area contributed by atoms with Crippen LogP contribution in [0.2, 0.25) is 0 Å². The largest absolute Gasteiger partial charge is 0.362 e. The molecule has 4 heteroatoms. The fourth-order valence-electron chi connectivity index (χ4n) is 3.35. The maximum absolute atomic E-state index is 12.5. The Bertz CT molecular complexity index is 489. The first-order valence-electron chi connectivity index (χ1n) is 8.43. The van der Waals surface area contributed by atoms with Gasteiger partial charge in [-0.3, -0.25) is 4.79 Å². The lowest BCUT2D eigenvalue weighted by Crippen LogP contribution is -2.34. The summed E-state index contributed by atoms with van der Waals surface area (Å²) in [5.41, 5.74) is 0.0143. The number of anilines is 1.